The van der Waals surface area contributed by atoms with Crippen LogP contribution in [0, 0.1) is 5.92 Å². The van der Waals surface area contributed by atoms with Crippen molar-refractivity contribution in [3.05, 3.63) is 53.6 Å². The van der Waals surface area contributed by atoms with Gasteiger partial charge in [0.2, 0.25) is 5.75 Å². The summed E-state index contributed by atoms with van der Waals surface area (Å²) in [6.45, 7) is 3.47. The largest absolute Gasteiger partial charge is 0.504 e. The Morgan fingerprint density at radius 3 is 2.44 bits per heavy atom. The summed E-state index contributed by atoms with van der Waals surface area (Å²) in [4.78, 5) is 24.6. The number of benzene rings is 2. The predicted octanol–water partition coefficient (Wildman–Crippen LogP) is 3.95. The number of esters is 1. The first kappa shape index (κ1) is 20.0. The number of phenolic OH excluding ortho intramolecular Hbond substituents is 2. The van der Waals surface area contributed by atoms with E-state index in [-0.39, 0.29) is 11.3 Å². The van der Waals surface area contributed by atoms with Crippen molar-refractivity contribution in [3.63, 3.8) is 0 Å². The van der Waals surface area contributed by atoms with E-state index in [0.717, 1.165) is 11.6 Å². The maximum Gasteiger partial charge on any atom is 0.314 e. The molecule has 6 nitrogen and oxygen atoms in total. The number of methoxy groups -OCH3 is 1. The van der Waals surface area contributed by atoms with Crippen LogP contribution < -0.4 is 9.47 Å². The lowest BCUT2D eigenvalue weighted by Crippen LogP contribution is -2.17. The van der Waals surface area contributed by atoms with E-state index in [1.807, 2.05) is 37.3 Å². The number of aromatic hydroxyl groups is 2. The fourth-order valence-corrected chi connectivity index (χ4v) is 2.30. The summed E-state index contributed by atoms with van der Waals surface area (Å²) in [5.74, 6) is -3.24. The van der Waals surface area contributed by atoms with Crippen molar-refractivity contribution in [2.24, 2.45) is 5.92 Å². The van der Waals surface area contributed by atoms with E-state index in [0.29, 0.717) is 6.42 Å². The normalized spacial score (nSPS) is 12.0. The Kier molecular flexibility index (Phi) is 6.60. The lowest BCUT2D eigenvalue weighted by atomic mass is 10.0. The Balaban J connectivity index is 2.42. The van der Waals surface area contributed by atoms with Crippen LogP contribution in [0.4, 0.5) is 0 Å². The summed E-state index contributed by atoms with van der Waals surface area (Å²) in [5.41, 5.74) is 0.598. The molecule has 2 aromatic carbocycles. The molecular weight excluding hydrogens is 348 g/mol. The molecule has 6 heteroatoms. The second-order valence-electron chi connectivity index (χ2n) is 5.99. The molecule has 0 fully saturated rings. The van der Waals surface area contributed by atoms with E-state index in [1.54, 1.807) is 13.0 Å². The van der Waals surface area contributed by atoms with E-state index < -0.39 is 34.9 Å². The minimum absolute atomic E-state index is 0.0314. The average Bonchev–Trinajstić information content (AvgIpc) is 2.68. The predicted molar refractivity (Wildman–Crippen MR) is 101 cm³/mol. The van der Waals surface area contributed by atoms with Gasteiger partial charge in [0, 0.05) is 6.07 Å². The number of allylic oxidation sites excluding steroid dienone is 1. The third-order valence-electron chi connectivity index (χ3n) is 4.11. The van der Waals surface area contributed by atoms with Gasteiger partial charge < -0.3 is 19.7 Å². The Hall–Kier alpha value is -3.28. The third-order valence-corrected chi connectivity index (χ3v) is 4.11. The van der Waals surface area contributed by atoms with Gasteiger partial charge in [0.25, 0.3) is 0 Å². The highest BCUT2D eigenvalue weighted by Crippen LogP contribution is 2.44. The lowest BCUT2D eigenvalue weighted by molar-refractivity contribution is -0.138. The summed E-state index contributed by atoms with van der Waals surface area (Å²) in [5, 5.41) is 20.6. The highest BCUT2D eigenvalue weighted by atomic mass is 16.5. The van der Waals surface area contributed by atoms with Crippen molar-refractivity contribution < 1.29 is 29.3 Å². The molecule has 0 bridgehead atoms. The molecule has 0 aliphatic carbocycles. The minimum Gasteiger partial charge on any atom is -0.504 e. The molecular formula is C21H22O6. The standard InChI is InChI=1S/C21H22O6/c1-4-13(2)21(25)27-20-16(23)12-17(26-3)18(19(20)24)15(22)11-10-14-8-6-5-7-9-14/h5-13,23-24H,4H2,1-3H3/t13-/m1/s1. The minimum atomic E-state index is -0.647. The van der Waals surface area contributed by atoms with Crippen molar-refractivity contribution in [2.45, 2.75) is 20.3 Å². The monoisotopic (exact) mass is 370 g/mol. The van der Waals surface area contributed by atoms with Crippen molar-refractivity contribution in [1.29, 1.82) is 0 Å². The van der Waals surface area contributed by atoms with Gasteiger partial charge in [0.1, 0.15) is 11.3 Å². The molecule has 0 amide bonds. The van der Waals surface area contributed by atoms with E-state index in [4.69, 9.17) is 9.47 Å². The van der Waals surface area contributed by atoms with Gasteiger partial charge in [-0.2, -0.15) is 0 Å². The number of hydrogen-bond acceptors (Lipinski definition) is 6. The molecule has 142 valence electrons. The zero-order chi connectivity index (χ0) is 20.0. The van der Waals surface area contributed by atoms with E-state index in [9.17, 15) is 19.8 Å². The second-order valence-corrected chi connectivity index (χ2v) is 5.99. The fraction of sp³-hybridized carbons (Fsp3) is 0.238. The second kappa shape index (κ2) is 8.89. The first-order valence-electron chi connectivity index (χ1n) is 8.51. The number of phenols is 2. The van der Waals surface area contributed by atoms with Crippen LogP contribution in [0.25, 0.3) is 6.08 Å². The molecule has 1 atom stereocenters. The molecule has 0 heterocycles. The molecule has 0 aliphatic heterocycles. The quantitative estimate of drug-likeness (QED) is 0.332. The fourth-order valence-electron chi connectivity index (χ4n) is 2.30. The SMILES string of the molecule is CC[C@@H](C)C(=O)Oc1c(O)cc(OC)c(C(=O)C=Cc2ccccc2)c1O. The van der Waals surface area contributed by atoms with Gasteiger partial charge >= 0.3 is 5.97 Å². The van der Waals surface area contributed by atoms with Gasteiger partial charge in [-0.25, -0.2) is 0 Å². The number of hydrogen-bond donors (Lipinski definition) is 2. The first-order chi connectivity index (χ1) is 12.9. The molecule has 0 aromatic heterocycles. The van der Waals surface area contributed by atoms with Crippen LogP contribution in [-0.4, -0.2) is 29.1 Å². The molecule has 0 saturated carbocycles. The smallest absolute Gasteiger partial charge is 0.314 e. The highest BCUT2D eigenvalue weighted by Gasteiger charge is 2.26. The maximum absolute atomic E-state index is 12.6. The number of rotatable bonds is 7. The van der Waals surface area contributed by atoms with Gasteiger partial charge in [0.15, 0.2) is 17.3 Å². The Labute approximate surface area is 157 Å². The van der Waals surface area contributed by atoms with Gasteiger partial charge in [-0.3, -0.25) is 9.59 Å². The molecule has 0 spiro atoms. The van der Waals surface area contributed by atoms with E-state index in [1.165, 1.54) is 13.2 Å². The molecule has 0 unspecified atom stereocenters. The summed E-state index contributed by atoms with van der Waals surface area (Å²) >= 11 is 0. The average molecular weight is 370 g/mol. The highest BCUT2D eigenvalue weighted by molar-refractivity contribution is 6.11. The van der Waals surface area contributed by atoms with Crippen LogP contribution in [-0.2, 0) is 4.79 Å². The van der Waals surface area contributed by atoms with Gasteiger partial charge in [-0.15, -0.1) is 0 Å². The molecule has 27 heavy (non-hydrogen) atoms. The van der Waals surface area contributed by atoms with Crippen LogP contribution in [0.2, 0.25) is 0 Å². The molecule has 2 aromatic rings. The summed E-state index contributed by atoms with van der Waals surface area (Å²) in [7, 11) is 1.30. The molecule has 2 rings (SSSR count). The number of carbonyl (C=O) groups excluding carboxylic acids is 2. The first-order valence-corrected chi connectivity index (χ1v) is 8.51. The Morgan fingerprint density at radius 2 is 1.85 bits per heavy atom. The van der Waals surface area contributed by atoms with Crippen LogP contribution in [0.1, 0.15) is 36.2 Å². The van der Waals surface area contributed by atoms with Crippen LogP contribution in [0.15, 0.2) is 42.5 Å². The number of ether oxygens (including phenoxy) is 2. The molecule has 0 radical (unpaired) electrons. The zero-order valence-corrected chi connectivity index (χ0v) is 15.4. The summed E-state index contributed by atoms with van der Waals surface area (Å²) in [6.07, 6.45) is 3.38. The van der Waals surface area contributed by atoms with Crippen molar-refractivity contribution in [1.82, 2.24) is 0 Å². The summed E-state index contributed by atoms with van der Waals surface area (Å²) in [6, 6.07) is 10.3. The van der Waals surface area contributed by atoms with E-state index in [2.05, 4.69) is 0 Å². The van der Waals surface area contributed by atoms with Crippen LogP contribution >= 0.6 is 0 Å². The number of ketones is 1. The van der Waals surface area contributed by atoms with Crippen molar-refractivity contribution >= 4 is 17.8 Å². The van der Waals surface area contributed by atoms with Crippen LogP contribution in [0.3, 0.4) is 0 Å². The molecule has 0 saturated heterocycles. The topological polar surface area (TPSA) is 93.1 Å². The molecule has 2 N–H and O–H groups in total. The van der Waals surface area contributed by atoms with Crippen molar-refractivity contribution in [3.8, 4) is 23.0 Å². The molecule has 0 aliphatic rings. The lowest BCUT2D eigenvalue weighted by Gasteiger charge is -2.15. The van der Waals surface area contributed by atoms with E-state index >= 15 is 0 Å². The summed E-state index contributed by atoms with van der Waals surface area (Å²) < 4.78 is 10.2. The Bertz CT molecular complexity index is 855. The van der Waals surface area contributed by atoms with Crippen LogP contribution in [0.5, 0.6) is 23.0 Å². The number of carbonyl (C=O) groups is 2. The van der Waals surface area contributed by atoms with Crippen molar-refractivity contribution in [2.75, 3.05) is 7.11 Å². The zero-order valence-electron chi connectivity index (χ0n) is 15.4. The van der Waals surface area contributed by atoms with Gasteiger partial charge in [-0.1, -0.05) is 50.3 Å². The third kappa shape index (κ3) is 4.67. The van der Waals surface area contributed by atoms with Gasteiger partial charge in [-0.05, 0) is 18.1 Å². The van der Waals surface area contributed by atoms with Gasteiger partial charge in [0.05, 0.1) is 13.0 Å². The maximum atomic E-state index is 12.6. The Morgan fingerprint density at radius 1 is 1.19 bits per heavy atom.